The Bertz CT molecular complexity index is 521. The third-order valence-corrected chi connectivity index (χ3v) is 3.09. The van der Waals surface area contributed by atoms with Gasteiger partial charge >= 0.3 is 5.97 Å². The third-order valence-electron chi connectivity index (χ3n) is 2.66. The van der Waals surface area contributed by atoms with Gasteiger partial charge in [-0.1, -0.05) is 0 Å². The molecule has 0 spiro atoms. The first-order valence-electron chi connectivity index (χ1n) is 5.56. The fraction of sp³-hybridized carbons (Fsp3) is 0.308. The zero-order valence-electron chi connectivity index (χ0n) is 9.85. The Hall–Kier alpha value is -1.49. The first-order valence-corrected chi connectivity index (χ1v) is 6.36. The van der Waals surface area contributed by atoms with Crippen molar-refractivity contribution in [2.75, 3.05) is 7.11 Å². The van der Waals surface area contributed by atoms with Gasteiger partial charge in [-0.15, -0.1) is 0 Å². The maximum atomic E-state index is 12.0. The summed E-state index contributed by atoms with van der Waals surface area (Å²) in [6.45, 7) is 0. The molecule has 0 radical (unpaired) electrons. The van der Waals surface area contributed by atoms with Crippen LogP contribution in [0.5, 0.6) is 0 Å². The maximum Gasteiger partial charge on any atom is 0.341 e. The molecule has 0 unspecified atom stereocenters. The van der Waals surface area contributed by atoms with Gasteiger partial charge in [0.05, 0.1) is 7.11 Å². The standard InChI is InChI=1S/C13H12BrNO3/c1-18-13(17)11(12(16)9-2-3-9)5-8-4-10(14)7-15-6-8/h4-7,9H,2-3H2,1H3/b11-5+. The molecule has 1 heterocycles. The van der Waals surface area contributed by atoms with Crippen LogP contribution in [0, 0.1) is 5.92 Å². The highest BCUT2D eigenvalue weighted by Crippen LogP contribution is 2.33. The number of ketones is 1. The van der Waals surface area contributed by atoms with Gasteiger partial charge in [0.2, 0.25) is 0 Å². The predicted molar refractivity (Wildman–Crippen MR) is 69.7 cm³/mol. The average molecular weight is 310 g/mol. The predicted octanol–water partition coefficient (Wildman–Crippen LogP) is 2.38. The summed E-state index contributed by atoms with van der Waals surface area (Å²) in [6.07, 6.45) is 6.46. The lowest BCUT2D eigenvalue weighted by molar-refractivity contribution is -0.137. The molecule has 0 amide bonds. The molecule has 0 N–H and O–H groups in total. The summed E-state index contributed by atoms with van der Waals surface area (Å²) < 4.78 is 5.44. The molecule has 1 fully saturated rings. The van der Waals surface area contributed by atoms with Crippen LogP contribution in [0.4, 0.5) is 0 Å². The van der Waals surface area contributed by atoms with Crippen molar-refractivity contribution in [3.63, 3.8) is 0 Å². The molecule has 1 aromatic heterocycles. The van der Waals surface area contributed by atoms with E-state index >= 15 is 0 Å². The van der Waals surface area contributed by atoms with Crippen molar-refractivity contribution in [2.24, 2.45) is 5.92 Å². The van der Waals surface area contributed by atoms with Crippen molar-refractivity contribution in [2.45, 2.75) is 12.8 Å². The number of carbonyl (C=O) groups excluding carboxylic acids is 2. The highest BCUT2D eigenvalue weighted by molar-refractivity contribution is 9.10. The number of hydrogen-bond acceptors (Lipinski definition) is 4. The van der Waals surface area contributed by atoms with Crippen LogP contribution in [0.3, 0.4) is 0 Å². The van der Waals surface area contributed by atoms with Gasteiger partial charge in [0, 0.05) is 22.8 Å². The van der Waals surface area contributed by atoms with Crippen LogP contribution in [0.2, 0.25) is 0 Å². The van der Waals surface area contributed by atoms with E-state index in [2.05, 4.69) is 25.7 Å². The van der Waals surface area contributed by atoms with Gasteiger partial charge in [-0.25, -0.2) is 4.79 Å². The fourth-order valence-electron chi connectivity index (χ4n) is 1.58. The second-order valence-electron chi connectivity index (χ2n) is 4.12. The van der Waals surface area contributed by atoms with E-state index in [1.165, 1.54) is 13.2 Å². The van der Waals surface area contributed by atoms with E-state index < -0.39 is 5.97 Å². The van der Waals surface area contributed by atoms with E-state index in [9.17, 15) is 9.59 Å². The van der Waals surface area contributed by atoms with E-state index in [4.69, 9.17) is 0 Å². The first kappa shape index (κ1) is 13.0. The van der Waals surface area contributed by atoms with Gasteiger partial charge in [0.1, 0.15) is 5.57 Å². The molecule has 0 aromatic carbocycles. The minimum atomic E-state index is -0.591. The van der Waals surface area contributed by atoms with Crippen molar-refractivity contribution in [3.8, 4) is 0 Å². The second kappa shape index (κ2) is 5.44. The van der Waals surface area contributed by atoms with Crippen LogP contribution in [0.15, 0.2) is 28.5 Å². The van der Waals surface area contributed by atoms with E-state index in [1.807, 2.05) is 0 Å². The number of Topliss-reactive ketones (excluding diaryl/α,β-unsaturated/α-hetero) is 1. The topological polar surface area (TPSA) is 56.3 Å². The molecule has 1 saturated carbocycles. The Balaban J connectivity index is 2.33. The van der Waals surface area contributed by atoms with E-state index in [0.717, 1.165) is 17.3 Å². The second-order valence-corrected chi connectivity index (χ2v) is 5.04. The van der Waals surface area contributed by atoms with Crippen LogP contribution in [-0.2, 0) is 14.3 Å². The Morgan fingerprint density at radius 1 is 1.44 bits per heavy atom. The summed E-state index contributed by atoms with van der Waals surface area (Å²) in [5.41, 5.74) is 0.790. The Morgan fingerprint density at radius 2 is 2.17 bits per heavy atom. The van der Waals surface area contributed by atoms with Crippen molar-refractivity contribution in [1.82, 2.24) is 4.98 Å². The number of esters is 1. The Kier molecular flexibility index (Phi) is 3.91. The fourth-order valence-corrected chi connectivity index (χ4v) is 1.96. The Labute approximate surface area is 113 Å². The van der Waals surface area contributed by atoms with Gasteiger partial charge < -0.3 is 4.74 Å². The van der Waals surface area contributed by atoms with Crippen LogP contribution in [0.25, 0.3) is 6.08 Å². The Morgan fingerprint density at radius 3 is 2.72 bits per heavy atom. The van der Waals surface area contributed by atoms with Gasteiger partial charge in [-0.2, -0.15) is 0 Å². The van der Waals surface area contributed by atoms with Crippen LogP contribution < -0.4 is 0 Å². The minimum Gasteiger partial charge on any atom is -0.465 e. The summed E-state index contributed by atoms with van der Waals surface area (Å²) in [6, 6.07) is 1.79. The molecular formula is C13H12BrNO3. The largest absolute Gasteiger partial charge is 0.465 e. The van der Waals surface area contributed by atoms with Gasteiger partial charge in [-0.05, 0) is 46.5 Å². The summed E-state index contributed by atoms with van der Waals surface area (Å²) in [5, 5.41) is 0. The van der Waals surface area contributed by atoms with Crippen LogP contribution in [0.1, 0.15) is 18.4 Å². The molecular weight excluding hydrogens is 298 g/mol. The summed E-state index contributed by atoms with van der Waals surface area (Å²) in [7, 11) is 1.27. The van der Waals surface area contributed by atoms with Crippen LogP contribution in [-0.4, -0.2) is 23.8 Å². The smallest absolute Gasteiger partial charge is 0.341 e. The molecule has 1 aliphatic carbocycles. The van der Waals surface area contributed by atoms with Gasteiger partial charge in [0.25, 0.3) is 0 Å². The maximum absolute atomic E-state index is 12.0. The van der Waals surface area contributed by atoms with E-state index in [0.29, 0.717) is 5.56 Å². The summed E-state index contributed by atoms with van der Waals surface area (Å²) in [4.78, 5) is 27.6. The molecule has 0 atom stereocenters. The zero-order valence-corrected chi connectivity index (χ0v) is 11.4. The van der Waals surface area contributed by atoms with Crippen molar-refractivity contribution < 1.29 is 14.3 Å². The number of methoxy groups -OCH3 is 1. The number of pyridine rings is 1. The average Bonchev–Trinajstić information content (AvgIpc) is 3.18. The first-order chi connectivity index (χ1) is 8.61. The quantitative estimate of drug-likeness (QED) is 0.371. The molecule has 4 nitrogen and oxygen atoms in total. The lowest BCUT2D eigenvalue weighted by Gasteiger charge is -2.04. The minimum absolute atomic E-state index is 0.0181. The highest BCUT2D eigenvalue weighted by atomic mass is 79.9. The number of hydrogen-bond donors (Lipinski definition) is 0. The lowest BCUT2D eigenvalue weighted by Crippen LogP contribution is -2.15. The SMILES string of the molecule is COC(=O)/C(=C/c1cncc(Br)c1)C(=O)C1CC1. The molecule has 1 aromatic rings. The monoisotopic (exact) mass is 309 g/mol. The van der Waals surface area contributed by atoms with E-state index in [-0.39, 0.29) is 17.3 Å². The highest BCUT2D eigenvalue weighted by Gasteiger charge is 2.34. The molecule has 1 aliphatic rings. The third kappa shape index (κ3) is 3.04. The summed E-state index contributed by atoms with van der Waals surface area (Å²) >= 11 is 3.29. The summed E-state index contributed by atoms with van der Waals surface area (Å²) in [5.74, 6) is -0.746. The molecule has 0 aliphatic heterocycles. The normalized spacial score (nSPS) is 15.3. The molecule has 2 rings (SSSR count). The van der Waals surface area contributed by atoms with Crippen molar-refractivity contribution in [1.29, 1.82) is 0 Å². The molecule has 0 saturated heterocycles. The van der Waals surface area contributed by atoms with Crippen molar-refractivity contribution >= 4 is 33.8 Å². The van der Waals surface area contributed by atoms with E-state index in [1.54, 1.807) is 18.5 Å². The number of ether oxygens (including phenoxy) is 1. The lowest BCUT2D eigenvalue weighted by atomic mass is 10.1. The molecule has 0 bridgehead atoms. The van der Waals surface area contributed by atoms with Crippen LogP contribution >= 0.6 is 15.9 Å². The molecule has 5 heteroatoms. The van der Waals surface area contributed by atoms with Crippen molar-refractivity contribution in [3.05, 3.63) is 34.1 Å². The number of aromatic nitrogens is 1. The number of carbonyl (C=O) groups is 2. The number of nitrogens with zero attached hydrogens (tertiary/aromatic N) is 1. The zero-order chi connectivity index (χ0) is 13.1. The van der Waals surface area contributed by atoms with Gasteiger partial charge in [-0.3, -0.25) is 9.78 Å². The number of rotatable bonds is 4. The van der Waals surface area contributed by atoms with Gasteiger partial charge in [0.15, 0.2) is 5.78 Å². The molecule has 94 valence electrons. The number of halogens is 1. The molecule has 18 heavy (non-hydrogen) atoms.